The summed E-state index contributed by atoms with van der Waals surface area (Å²) in [5, 5.41) is 2.72. The number of ether oxygens (including phenoxy) is 1. The normalized spacial score (nSPS) is 10.5. The molecule has 1 N–H and O–H groups in total. The van der Waals surface area contributed by atoms with Crippen LogP contribution in [0.5, 0.6) is 5.75 Å². The first-order valence-electron chi connectivity index (χ1n) is 7.08. The number of hydrogen-bond acceptors (Lipinski definition) is 4. The fraction of sp³-hybridized carbons (Fsp3) is 0.294. The first kappa shape index (κ1) is 15.8. The quantitative estimate of drug-likeness (QED) is 0.921. The molecule has 0 fully saturated rings. The molecule has 0 saturated carbocycles. The van der Waals surface area contributed by atoms with Crippen LogP contribution in [-0.4, -0.2) is 12.5 Å². The maximum Gasteiger partial charge on any atom is 0.262 e. The fourth-order valence-electron chi connectivity index (χ4n) is 1.96. The monoisotopic (exact) mass is 301 g/mol. The highest BCUT2D eigenvalue weighted by atomic mass is 16.5. The van der Waals surface area contributed by atoms with Crippen molar-refractivity contribution in [3.63, 3.8) is 0 Å². The van der Waals surface area contributed by atoms with Crippen LogP contribution >= 0.6 is 0 Å². The highest BCUT2D eigenvalue weighted by Gasteiger charge is 2.10. The summed E-state index contributed by atoms with van der Waals surface area (Å²) in [6.07, 6.45) is 1.29. The third-order valence-electron chi connectivity index (χ3n) is 3.22. The van der Waals surface area contributed by atoms with Crippen molar-refractivity contribution < 1.29 is 13.9 Å². The van der Waals surface area contributed by atoms with Crippen LogP contribution in [0, 0.1) is 6.92 Å². The molecule has 116 valence electrons. The summed E-state index contributed by atoms with van der Waals surface area (Å²) in [5.74, 6) is 0.516. The Morgan fingerprint density at radius 2 is 1.91 bits per heavy atom. The number of rotatable bonds is 5. The van der Waals surface area contributed by atoms with Crippen LogP contribution in [0.2, 0.25) is 0 Å². The molecule has 0 aliphatic carbocycles. The predicted octanol–water partition coefficient (Wildman–Crippen LogP) is 3.09. The molecule has 0 atom stereocenters. The van der Waals surface area contributed by atoms with Gasteiger partial charge in [0.15, 0.2) is 6.61 Å². The molecule has 0 spiro atoms. The molecular weight excluding hydrogens is 282 g/mol. The van der Waals surface area contributed by atoms with Gasteiger partial charge >= 0.3 is 0 Å². The highest BCUT2D eigenvalue weighted by Crippen LogP contribution is 2.17. The van der Waals surface area contributed by atoms with Gasteiger partial charge in [0.25, 0.3) is 5.91 Å². The average molecular weight is 301 g/mol. The van der Waals surface area contributed by atoms with E-state index in [0.29, 0.717) is 17.4 Å². The van der Waals surface area contributed by atoms with Crippen LogP contribution < -0.4 is 15.5 Å². The van der Waals surface area contributed by atoms with E-state index in [0.717, 1.165) is 0 Å². The maximum absolute atomic E-state index is 11.9. The van der Waals surface area contributed by atoms with E-state index in [-0.39, 0.29) is 23.7 Å². The van der Waals surface area contributed by atoms with E-state index in [1.54, 1.807) is 6.92 Å². The van der Waals surface area contributed by atoms with Gasteiger partial charge in [-0.1, -0.05) is 26.0 Å². The van der Waals surface area contributed by atoms with E-state index >= 15 is 0 Å². The molecule has 5 nitrogen and oxygen atoms in total. The van der Waals surface area contributed by atoms with E-state index in [9.17, 15) is 9.59 Å². The van der Waals surface area contributed by atoms with Crippen LogP contribution in [0.4, 0.5) is 5.69 Å². The number of nitrogens with one attached hydrogen (secondary N) is 1. The molecule has 1 amide bonds. The Labute approximate surface area is 128 Å². The second-order valence-corrected chi connectivity index (χ2v) is 5.28. The number of benzene rings is 1. The number of carbonyl (C=O) groups is 1. The summed E-state index contributed by atoms with van der Waals surface area (Å²) in [5.41, 5.74) is 1.58. The molecule has 2 aromatic rings. The largest absolute Gasteiger partial charge is 0.476 e. The summed E-state index contributed by atoms with van der Waals surface area (Å²) < 4.78 is 10.3. The van der Waals surface area contributed by atoms with Gasteiger partial charge in [-0.2, -0.15) is 0 Å². The molecule has 1 aromatic carbocycles. The van der Waals surface area contributed by atoms with E-state index < -0.39 is 0 Å². The molecule has 0 radical (unpaired) electrons. The van der Waals surface area contributed by atoms with Crippen molar-refractivity contribution >= 4 is 11.6 Å². The Morgan fingerprint density at radius 3 is 2.50 bits per heavy atom. The number of amides is 1. The van der Waals surface area contributed by atoms with Crippen LogP contribution in [0.1, 0.15) is 31.1 Å². The Balaban J connectivity index is 1.94. The molecule has 0 bridgehead atoms. The first-order valence-corrected chi connectivity index (χ1v) is 7.08. The van der Waals surface area contributed by atoms with Crippen LogP contribution in [0.3, 0.4) is 0 Å². The molecule has 5 heteroatoms. The lowest BCUT2D eigenvalue weighted by atomic mass is 10.0. The second-order valence-electron chi connectivity index (χ2n) is 5.28. The number of hydrogen-bond donors (Lipinski definition) is 1. The summed E-state index contributed by atoms with van der Waals surface area (Å²) in [4.78, 5) is 23.5. The van der Waals surface area contributed by atoms with Crippen LogP contribution in [0.15, 0.2) is 45.8 Å². The lowest BCUT2D eigenvalue weighted by Crippen LogP contribution is -2.22. The van der Waals surface area contributed by atoms with Gasteiger partial charge in [0.1, 0.15) is 5.76 Å². The van der Waals surface area contributed by atoms with Gasteiger partial charge in [0.2, 0.25) is 11.2 Å². The number of anilines is 1. The van der Waals surface area contributed by atoms with Crippen molar-refractivity contribution in [2.45, 2.75) is 26.7 Å². The molecule has 0 aliphatic heterocycles. The topological polar surface area (TPSA) is 68.5 Å². The summed E-state index contributed by atoms with van der Waals surface area (Å²) in [7, 11) is 0. The Morgan fingerprint density at radius 1 is 1.23 bits per heavy atom. The number of aryl methyl sites for hydroxylation is 1. The van der Waals surface area contributed by atoms with Gasteiger partial charge in [0.05, 0.1) is 6.26 Å². The van der Waals surface area contributed by atoms with Crippen molar-refractivity contribution in [3.05, 3.63) is 58.1 Å². The average Bonchev–Trinajstić information content (AvgIpc) is 2.47. The van der Waals surface area contributed by atoms with Crippen molar-refractivity contribution in [2.75, 3.05) is 11.9 Å². The molecule has 0 saturated heterocycles. The van der Waals surface area contributed by atoms with Crippen molar-refractivity contribution in [1.29, 1.82) is 0 Å². The standard InChI is InChI=1S/C17H19NO4/c1-11(2)13-4-6-14(7-5-13)18-16(20)10-22-17-12(3)21-9-8-15(17)19/h4-9,11H,10H2,1-3H3,(H,18,20). The van der Waals surface area contributed by atoms with Gasteiger partial charge in [-0.05, 0) is 30.5 Å². The molecule has 22 heavy (non-hydrogen) atoms. The van der Waals surface area contributed by atoms with Gasteiger partial charge in [-0.3, -0.25) is 9.59 Å². The van der Waals surface area contributed by atoms with Gasteiger partial charge in [-0.15, -0.1) is 0 Å². The highest BCUT2D eigenvalue weighted by molar-refractivity contribution is 5.91. The Hall–Kier alpha value is -2.56. The minimum absolute atomic E-state index is 0.0628. The molecular formula is C17H19NO4. The molecule has 0 unspecified atom stereocenters. The molecule has 0 aliphatic rings. The lowest BCUT2D eigenvalue weighted by molar-refractivity contribution is -0.118. The maximum atomic E-state index is 11.9. The van der Waals surface area contributed by atoms with Crippen molar-refractivity contribution in [3.8, 4) is 5.75 Å². The molecule has 1 aromatic heterocycles. The Kier molecular flexibility index (Phi) is 4.99. The minimum atomic E-state index is -0.333. The van der Waals surface area contributed by atoms with E-state index in [2.05, 4.69) is 19.2 Å². The zero-order valence-corrected chi connectivity index (χ0v) is 12.9. The predicted molar refractivity (Wildman–Crippen MR) is 84.4 cm³/mol. The van der Waals surface area contributed by atoms with Crippen molar-refractivity contribution in [2.24, 2.45) is 0 Å². The SMILES string of the molecule is Cc1occc(=O)c1OCC(=O)Nc1ccc(C(C)C)cc1. The molecule has 2 rings (SSSR count). The van der Waals surface area contributed by atoms with Crippen LogP contribution in [-0.2, 0) is 4.79 Å². The fourth-order valence-corrected chi connectivity index (χ4v) is 1.96. The second kappa shape index (κ2) is 6.93. The van der Waals surface area contributed by atoms with Crippen LogP contribution in [0.25, 0.3) is 0 Å². The van der Waals surface area contributed by atoms with E-state index in [4.69, 9.17) is 9.15 Å². The van der Waals surface area contributed by atoms with Gasteiger partial charge in [-0.25, -0.2) is 0 Å². The van der Waals surface area contributed by atoms with Gasteiger partial charge < -0.3 is 14.5 Å². The van der Waals surface area contributed by atoms with Crippen molar-refractivity contribution in [1.82, 2.24) is 0 Å². The first-order chi connectivity index (χ1) is 10.5. The Bertz CT molecular complexity index is 701. The summed E-state index contributed by atoms with van der Waals surface area (Å²) in [6, 6.07) is 8.88. The molecule has 1 heterocycles. The summed E-state index contributed by atoms with van der Waals surface area (Å²) in [6.45, 7) is 5.57. The smallest absolute Gasteiger partial charge is 0.262 e. The third kappa shape index (κ3) is 3.97. The zero-order chi connectivity index (χ0) is 16.1. The third-order valence-corrected chi connectivity index (χ3v) is 3.22. The minimum Gasteiger partial charge on any atom is -0.476 e. The van der Waals surface area contributed by atoms with E-state index in [1.807, 2.05) is 24.3 Å². The lowest BCUT2D eigenvalue weighted by Gasteiger charge is -2.09. The van der Waals surface area contributed by atoms with E-state index in [1.165, 1.54) is 17.9 Å². The van der Waals surface area contributed by atoms with Gasteiger partial charge in [0, 0.05) is 11.8 Å². The zero-order valence-electron chi connectivity index (χ0n) is 12.9. The summed E-state index contributed by atoms with van der Waals surface area (Å²) >= 11 is 0. The number of carbonyl (C=O) groups excluding carboxylic acids is 1.